The Morgan fingerprint density at radius 3 is 2.05 bits per heavy atom. The average Bonchev–Trinajstić information content (AvgIpc) is 3.43. The van der Waals surface area contributed by atoms with Crippen molar-refractivity contribution in [2.24, 2.45) is 11.8 Å². The van der Waals surface area contributed by atoms with Gasteiger partial charge in [0, 0.05) is 46.1 Å². The maximum atomic E-state index is 12.4. The van der Waals surface area contributed by atoms with Crippen molar-refractivity contribution in [3.05, 3.63) is 75.4 Å². The Kier molecular flexibility index (Phi) is 13.7. The molecule has 0 aliphatic heterocycles. The zero-order valence-corrected chi connectivity index (χ0v) is 26.3. The molecule has 6 nitrogen and oxygen atoms in total. The molecule has 0 atom stereocenters. The van der Waals surface area contributed by atoms with Crippen LogP contribution in [-0.4, -0.2) is 47.2 Å². The standard InChI is InChI=1S/C17H24BrNO2.C13H15BrN2O/c1-5-19(6-2)10-9-16(20)15-11-14(18)7-8-17(15)21-12-13(3)4;1-9(2)8-17-13-4-3-10(14)7-11(13)12-5-6-15-16-12/h7-11,13H,5-6,12H2,1-4H3;3-7,9H,8H2,1-2H3,(H,15,16)/b10-9+;. The van der Waals surface area contributed by atoms with Gasteiger partial charge in [0.2, 0.25) is 0 Å². The van der Waals surface area contributed by atoms with E-state index in [0.717, 1.165) is 39.0 Å². The van der Waals surface area contributed by atoms with Gasteiger partial charge in [-0.2, -0.15) is 5.10 Å². The quantitative estimate of drug-likeness (QED) is 0.158. The van der Waals surface area contributed by atoms with Crippen LogP contribution in [0.15, 0.2) is 69.9 Å². The molecule has 1 N–H and O–H groups in total. The summed E-state index contributed by atoms with van der Waals surface area (Å²) in [5.41, 5.74) is 2.58. The molecular formula is C30H39Br2N3O3. The number of hydrogen-bond acceptors (Lipinski definition) is 5. The number of carbonyl (C=O) groups excluding carboxylic acids is 1. The van der Waals surface area contributed by atoms with Crippen LogP contribution >= 0.6 is 31.9 Å². The van der Waals surface area contributed by atoms with Crippen LogP contribution in [-0.2, 0) is 0 Å². The third kappa shape index (κ3) is 10.7. The number of H-pyrrole nitrogens is 1. The van der Waals surface area contributed by atoms with Gasteiger partial charge in [-0.1, -0.05) is 59.6 Å². The Morgan fingerprint density at radius 2 is 1.50 bits per heavy atom. The highest BCUT2D eigenvalue weighted by atomic mass is 79.9. The lowest BCUT2D eigenvalue weighted by Crippen LogP contribution is -2.16. The smallest absolute Gasteiger partial charge is 0.191 e. The molecule has 8 heteroatoms. The minimum Gasteiger partial charge on any atom is -0.493 e. The van der Waals surface area contributed by atoms with Gasteiger partial charge in [0.25, 0.3) is 0 Å². The fourth-order valence-corrected chi connectivity index (χ4v) is 4.00. The highest BCUT2D eigenvalue weighted by Gasteiger charge is 2.12. The predicted molar refractivity (Wildman–Crippen MR) is 163 cm³/mol. The van der Waals surface area contributed by atoms with Gasteiger partial charge in [-0.3, -0.25) is 9.89 Å². The first-order valence-corrected chi connectivity index (χ1v) is 14.5. The van der Waals surface area contributed by atoms with Crippen LogP contribution in [0.5, 0.6) is 11.5 Å². The molecule has 1 heterocycles. The highest BCUT2D eigenvalue weighted by molar-refractivity contribution is 9.10. The van der Waals surface area contributed by atoms with Gasteiger partial charge in [-0.25, -0.2) is 0 Å². The summed E-state index contributed by atoms with van der Waals surface area (Å²) in [6.07, 6.45) is 5.19. The molecule has 3 aromatic rings. The third-order valence-electron chi connectivity index (χ3n) is 5.33. The van der Waals surface area contributed by atoms with E-state index in [1.165, 1.54) is 0 Å². The van der Waals surface area contributed by atoms with Crippen LogP contribution in [0.3, 0.4) is 0 Å². The van der Waals surface area contributed by atoms with E-state index in [1.807, 2.05) is 48.7 Å². The maximum Gasteiger partial charge on any atom is 0.191 e. The molecule has 0 aliphatic rings. The Balaban J connectivity index is 0.000000272. The number of aromatic amines is 1. The third-order valence-corrected chi connectivity index (χ3v) is 6.32. The number of ketones is 1. The first-order chi connectivity index (χ1) is 18.1. The molecular weight excluding hydrogens is 610 g/mol. The molecule has 1 aromatic heterocycles. The zero-order valence-electron chi connectivity index (χ0n) is 23.1. The Labute approximate surface area is 244 Å². The molecule has 2 aromatic carbocycles. The molecule has 0 bridgehead atoms. The predicted octanol–water partition coefficient (Wildman–Crippen LogP) is 8.40. The largest absolute Gasteiger partial charge is 0.493 e. The van der Waals surface area contributed by atoms with Crippen molar-refractivity contribution in [3.63, 3.8) is 0 Å². The summed E-state index contributed by atoms with van der Waals surface area (Å²) >= 11 is 6.88. The van der Waals surface area contributed by atoms with E-state index in [4.69, 9.17) is 9.47 Å². The molecule has 0 amide bonds. The average molecular weight is 649 g/mol. The van der Waals surface area contributed by atoms with Crippen LogP contribution in [0, 0.1) is 11.8 Å². The zero-order chi connectivity index (χ0) is 28.1. The van der Waals surface area contributed by atoms with E-state index in [1.54, 1.807) is 12.3 Å². The van der Waals surface area contributed by atoms with Gasteiger partial charge < -0.3 is 14.4 Å². The van der Waals surface area contributed by atoms with Crippen molar-refractivity contribution >= 4 is 37.6 Å². The lowest BCUT2D eigenvalue weighted by atomic mass is 10.1. The number of nitrogens with one attached hydrogen (secondary N) is 1. The van der Waals surface area contributed by atoms with Crippen molar-refractivity contribution in [2.45, 2.75) is 41.5 Å². The van der Waals surface area contributed by atoms with Gasteiger partial charge in [-0.05, 0) is 68.1 Å². The second kappa shape index (κ2) is 16.4. The van der Waals surface area contributed by atoms with Crippen LogP contribution in [0.25, 0.3) is 11.3 Å². The van der Waals surface area contributed by atoms with Gasteiger partial charge in [-0.15, -0.1) is 0 Å². The van der Waals surface area contributed by atoms with Crippen molar-refractivity contribution in [3.8, 4) is 22.8 Å². The summed E-state index contributed by atoms with van der Waals surface area (Å²) in [6, 6.07) is 13.5. The Bertz CT molecular complexity index is 1160. The molecule has 3 rings (SSSR count). The van der Waals surface area contributed by atoms with Gasteiger partial charge in [0.1, 0.15) is 11.5 Å². The molecule has 0 spiro atoms. The summed E-state index contributed by atoms with van der Waals surface area (Å²) in [5, 5.41) is 6.93. The summed E-state index contributed by atoms with van der Waals surface area (Å²) < 4.78 is 13.5. The molecule has 0 unspecified atom stereocenters. The minimum atomic E-state index is -0.0399. The normalized spacial score (nSPS) is 11.0. The van der Waals surface area contributed by atoms with Crippen molar-refractivity contribution in [2.75, 3.05) is 26.3 Å². The number of ether oxygens (including phenoxy) is 2. The molecule has 38 heavy (non-hydrogen) atoms. The second-order valence-corrected chi connectivity index (χ2v) is 11.4. The fourth-order valence-electron chi connectivity index (χ4n) is 3.28. The first-order valence-electron chi connectivity index (χ1n) is 13.0. The van der Waals surface area contributed by atoms with Crippen molar-refractivity contribution in [1.29, 1.82) is 0 Å². The topological polar surface area (TPSA) is 67.5 Å². The lowest BCUT2D eigenvalue weighted by Gasteiger charge is -2.15. The molecule has 0 aliphatic carbocycles. The summed E-state index contributed by atoms with van der Waals surface area (Å²) in [5.74, 6) is 2.41. The minimum absolute atomic E-state index is 0.0399. The number of hydrogen-bond donors (Lipinski definition) is 1. The summed E-state index contributed by atoms with van der Waals surface area (Å²) in [6.45, 7) is 15.6. The van der Waals surface area contributed by atoms with Crippen LogP contribution in [0.4, 0.5) is 0 Å². The molecule has 0 saturated carbocycles. The molecule has 206 valence electrons. The van der Waals surface area contributed by atoms with E-state index in [0.29, 0.717) is 36.4 Å². The number of allylic oxidation sites excluding steroid dienone is 1. The van der Waals surface area contributed by atoms with Crippen molar-refractivity contribution in [1.82, 2.24) is 15.1 Å². The van der Waals surface area contributed by atoms with Gasteiger partial charge >= 0.3 is 0 Å². The first kappa shape index (κ1) is 31.6. The number of halogens is 2. The number of carbonyl (C=O) groups is 1. The number of aromatic nitrogens is 2. The summed E-state index contributed by atoms with van der Waals surface area (Å²) in [7, 11) is 0. The second-order valence-electron chi connectivity index (χ2n) is 9.56. The van der Waals surface area contributed by atoms with Crippen LogP contribution in [0.1, 0.15) is 51.9 Å². The highest BCUT2D eigenvalue weighted by Crippen LogP contribution is 2.31. The number of rotatable bonds is 12. The summed E-state index contributed by atoms with van der Waals surface area (Å²) in [4.78, 5) is 14.5. The van der Waals surface area contributed by atoms with E-state index >= 15 is 0 Å². The molecule has 0 radical (unpaired) electrons. The van der Waals surface area contributed by atoms with E-state index in [-0.39, 0.29) is 5.78 Å². The molecule has 0 saturated heterocycles. The fraction of sp³-hybridized carbons (Fsp3) is 0.400. The van der Waals surface area contributed by atoms with E-state index in [9.17, 15) is 4.79 Å². The SMILES string of the molecule is CC(C)COc1ccc(Br)cc1-c1ccn[nH]1.CCN(/C=C/C(=O)c1cc(Br)ccc1OCC(C)C)CC. The number of benzene rings is 2. The molecule has 0 fully saturated rings. The lowest BCUT2D eigenvalue weighted by molar-refractivity contribution is 0.104. The Morgan fingerprint density at radius 1 is 0.921 bits per heavy atom. The van der Waals surface area contributed by atoms with Gasteiger partial charge in [0.15, 0.2) is 5.78 Å². The number of nitrogens with zero attached hydrogens (tertiary/aromatic N) is 2. The monoisotopic (exact) mass is 647 g/mol. The Hall–Kier alpha value is -2.58. The maximum absolute atomic E-state index is 12.4. The van der Waals surface area contributed by atoms with E-state index < -0.39 is 0 Å². The van der Waals surface area contributed by atoms with Crippen LogP contribution in [0.2, 0.25) is 0 Å². The van der Waals surface area contributed by atoms with E-state index in [2.05, 4.69) is 88.5 Å². The van der Waals surface area contributed by atoms with Crippen molar-refractivity contribution < 1.29 is 14.3 Å². The van der Waals surface area contributed by atoms with Gasteiger partial charge in [0.05, 0.1) is 24.5 Å². The van der Waals surface area contributed by atoms with Crippen LogP contribution < -0.4 is 9.47 Å².